The van der Waals surface area contributed by atoms with E-state index in [0.717, 1.165) is 0 Å². The summed E-state index contributed by atoms with van der Waals surface area (Å²) in [6.07, 6.45) is 1.63. The number of carbonyl (C=O) groups excluding carboxylic acids is 1. The van der Waals surface area contributed by atoms with Crippen molar-refractivity contribution in [2.45, 2.75) is 20.4 Å². The molecule has 0 unspecified atom stereocenters. The van der Waals surface area contributed by atoms with Gasteiger partial charge >= 0.3 is 5.97 Å². The Morgan fingerprint density at radius 2 is 1.90 bits per heavy atom. The summed E-state index contributed by atoms with van der Waals surface area (Å²) in [4.78, 5) is 24.2. The van der Waals surface area contributed by atoms with E-state index in [0.29, 0.717) is 12.1 Å². The summed E-state index contributed by atoms with van der Waals surface area (Å²) in [5.41, 5.74) is 0.157. The van der Waals surface area contributed by atoms with Crippen LogP contribution in [0.5, 0.6) is 5.75 Å². The molecule has 1 aromatic heterocycles. The van der Waals surface area contributed by atoms with Crippen molar-refractivity contribution in [3.05, 3.63) is 63.8 Å². The Morgan fingerprint density at radius 1 is 1.25 bits per heavy atom. The first-order chi connectivity index (χ1) is 9.52. The van der Waals surface area contributed by atoms with E-state index < -0.39 is 11.8 Å². The maximum atomic E-state index is 12.8. The largest absolute Gasteiger partial charge is 0.423 e. The number of aryl methyl sites for hydroxylation is 2. The molecule has 1 heterocycles. The Hall–Kier alpha value is -2.43. The first-order valence-electron chi connectivity index (χ1n) is 6.20. The lowest BCUT2D eigenvalue weighted by atomic mass is 10.1. The second-order valence-corrected chi connectivity index (χ2v) is 4.31. The maximum Gasteiger partial charge on any atom is 0.349 e. The van der Waals surface area contributed by atoms with E-state index in [1.54, 1.807) is 19.2 Å². The number of rotatable bonds is 3. The fraction of sp³-hybridized carbons (Fsp3) is 0.200. The minimum atomic E-state index is -0.734. The lowest BCUT2D eigenvalue weighted by Crippen LogP contribution is -2.28. The monoisotopic (exact) mass is 275 g/mol. The van der Waals surface area contributed by atoms with Crippen molar-refractivity contribution in [2.75, 3.05) is 0 Å². The van der Waals surface area contributed by atoms with Crippen LogP contribution >= 0.6 is 0 Å². The van der Waals surface area contributed by atoms with Gasteiger partial charge in [-0.25, -0.2) is 9.18 Å². The van der Waals surface area contributed by atoms with Crippen molar-refractivity contribution in [3.63, 3.8) is 0 Å². The lowest BCUT2D eigenvalue weighted by Gasteiger charge is -2.09. The second kappa shape index (κ2) is 5.69. The van der Waals surface area contributed by atoms with Gasteiger partial charge in [0.15, 0.2) is 0 Å². The van der Waals surface area contributed by atoms with Crippen molar-refractivity contribution in [1.82, 2.24) is 4.57 Å². The Balaban J connectivity index is 2.34. The van der Waals surface area contributed by atoms with Crippen LogP contribution in [0.15, 0.2) is 41.3 Å². The minimum Gasteiger partial charge on any atom is -0.423 e. The molecule has 0 saturated carbocycles. The van der Waals surface area contributed by atoms with Crippen LogP contribution in [0.4, 0.5) is 4.39 Å². The number of halogens is 1. The standard InChI is InChI=1S/C15H14FNO3/c1-3-17-9-8-10(2)13(14(17)18)15(19)20-12-6-4-11(16)5-7-12/h4-9H,3H2,1-2H3. The molecular formula is C15H14FNO3. The summed E-state index contributed by atoms with van der Waals surface area (Å²) in [6, 6.07) is 6.73. The molecule has 0 spiro atoms. The van der Waals surface area contributed by atoms with Gasteiger partial charge in [-0.05, 0) is 49.7 Å². The van der Waals surface area contributed by atoms with E-state index in [2.05, 4.69) is 0 Å². The zero-order valence-electron chi connectivity index (χ0n) is 11.2. The molecule has 0 aliphatic carbocycles. The molecule has 0 saturated heterocycles. The van der Waals surface area contributed by atoms with E-state index in [1.165, 1.54) is 28.8 Å². The van der Waals surface area contributed by atoms with Gasteiger partial charge in [0.1, 0.15) is 17.1 Å². The number of nitrogens with zero attached hydrogens (tertiary/aromatic N) is 1. The summed E-state index contributed by atoms with van der Waals surface area (Å²) in [5, 5.41) is 0. The van der Waals surface area contributed by atoms with E-state index in [-0.39, 0.29) is 16.9 Å². The van der Waals surface area contributed by atoms with Crippen LogP contribution in [0.25, 0.3) is 0 Å². The summed E-state index contributed by atoms with van der Waals surface area (Å²) in [6.45, 7) is 3.95. The summed E-state index contributed by atoms with van der Waals surface area (Å²) >= 11 is 0. The summed E-state index contributed by atoms with van der Waals surface area (Å²) < 4.78 is 19.3. The molecule has 0 amide bonds. The van der Waals surface area contributed by atoms with Gasteiger partial charge in [0.2, 0.25) is 0 Å². The highest BCUT2D eigenvalue weighted by molar-refractivity contribution is 5.92. The molecule has 4 nitrogen and oxygen atoms in total. The fourth-order valence-corrected chi connectivity index (χ4v) is 1.82. The number of hydrogen-bond donors (Lipinski definition) is 0. The van der Waals surface area contributed by atoms with Crippen LogP contribution in [0, 0.1) is 12.7 Å². The molecule has 20 heavy (non-hydrogen) atoms. The van der Waals surface area contributed by atoms with Crippen molar-refractivity contribution >= 4 is 5.97 Å². The molecule has 5 heteroatoms. The number of esters is 1. The van der Waals surface area contributed by atoms with Crippen molar-refractivity contribution in [1.29, 1.82) is 0 Å². The Labute approximate surface area is 115 Å². The van der Waals surface area contributed by atoms with Gasteiger partial charge in [0, 0.05) is 12.7 Å². The molecular weight excluding hydrogens is 261 g/mol. The van der Waals surface area contributed by atoms with Crippen LogP contribution in [-0.4, -0.2) is 10.5 Å². The molecule has 0 radical (unpaired) electrons. The molecule has 2 rings (SSSR count). The molecule has 0 atom stereocenters. The topological polar surface area (TPSA) is 48.3 Å². The molecule has 0 N–H and O–H groups in total. The number of aromatic nitrogens is 1. The highest BCUT2D eigenvalue weighted by Crippen LogP contribution is 2.13. The predicted octanol–water partition coefficient (Wildman–Crippen LogP) is 2.53. The van der Waals surface area contributed by atoms with Crippen molar-refractivity contribution in [3.8, 4) is 5.75 Å². The minimum absolute atomic E-state index is 0.00123. The lowest BCUT2D eigenvalue weighted by molar-refractivity contribution is 0.0731. The van der Waals surface area contributed by atoms with Gasteiger partial charge in [-0.15, -0.1) is 0 Å². The third-order valence-corrected chi connectivity index (χ3v) is 2.94. The zero-order chi connectivity index (χ0) is 14.7. The van der Waals surface area contributed by atoms with Gasteiger partial charge in [0.05, 0.1) is 0 Å². The Morgan fingerprint density at radius 3 is 2.50 bits per heavy atom. The molecule has 1 aromatic carbocycles. The normalized spacial score (nSPS) is 10.3. The third-order valence-electron chi connectivity index (χ3n) is 2.94. The highest BCUT2D eigenvalue weighted by atomic mass is 19.1. The summed E-state index contributed by atoms with van der Waals surface area (Å²) in [5.74, 6) is -0.960. The molecule has 0 aliphatic rings. The van der Waals surface area contributed by atoms with Gasteiger partial charge in [-0.3, -0.25) is 4.79 Å². The van der Waals surface area contributed by atoms with Crippen LogP contribution in [-0.2, 0) is 6.54 Å². The quantitative estimate of drug-likeness (QED) is 0.639. The number of hydrogen-bond acceptors (Lipinski definition) is 3. The van der Waals surface area contributed by atoms with E-state index in [4.69, 9.17) is 4.74 Å². The van der Waals surface area contributed by atoms with Gasteiger partial charge in [-0.2, -0.15) is 0 Å². The van der Waals surface area contributed by atoms with Crippen LogP contribution in [0.3, 0.4) is 0 Å². The number of ether oxygens (including phenoxy) is 1. The van der Waals surface area contributed by atoms with E-state index >= 15 is 0 Å². The molecule has 0 fully saturated rings. The summed E-state index contributed by atoms with van der Waals surface area (Å²) in [7, 11) is 0. The third kappa shape index (κ3) is 2.77. The van der Waals surface area contributed by atoms with E-state index in [1.807, 2.05) is 6.92 Å². The van der Waals surface area contributed by atoms with Crippen molar-refractivity contribution in [2.24, 2.45) is 0 Å². The average molecular weight is 275 g/mol. The van der Waals surface area contributed by atoms with Gasteiger partial charge in [-0.1, -0.05) is 0 Å². The second-order valence-electron chi connectivity index (χ2n) is 4.31. The average Bonchev–Trinajstić information content (AvgIpc) is 2.42. The first kappa shape index (κ1) is 14.0. The number of benzene rings is 1. The molecule has 0 bridgehead atoms. The molecule has 2 aromatic rings. The van der Waals surface area contributed by atoms with Crippen molar-refractivity contribution < 1.29 is 13.9 Å². The highest BCUT2D eigenvalue weighted by Gasteiger charge is 2.17. The zero-order valence-corrected chi connectivity index (χ0v) is 11.2. The SMILES string of the molecule is CCn1ccc(C)c(C(=O)Oc2ccc(F)cc2)c1=O. The molecule has 0 aliphatic heterocycles. The predicted molar refractivity (Wildman–Crippen MR) is 72.5 cm³/mol. The Kier molecular flexibility index (Phi) is 3.98. The van der Waals surface area contributed by atoms with Crippen LogP contribution in [0.2, 0.25) is 0 Å². The van der Waals surface area contributed by atoms with Gasteiger partial charge in [0.25, 0.3) is 5.56 Å². The Bertz CT molecular complexity index is 689. The smallest absolute Gasteiger partial charge is 0.349 e. The van der Waals surface area contributed by atoms with Crippen LogP contribution in [0.1, 0.15) is 22.8 Å². The van der Waals surface area contributed by atoms with Gasteiger partial charge < -0.3 is 9.30 Å². The van der Waals surface area contributed by atoms with Crippen LogP contribution < -0.4 is 10.3 Å². The molecule has 104 valence electrons. The first-order valence-corrected chi connectivity index (χ1v) is 6.20. The maximum absolute atomic E-state index is 12.8. The number of carbonyl (C=O) groups is 1. The number of pyridine rings is 1. The fourth-order valence-electron chi connectivity index (χ4n) is 1.82. The van der Waals surface area contributed by atoms with E-state index in [9.17, 15) is 14.0 Å².